The number of amides is 2. The molecular formula is C41H66N7O17P3S. The zero-order valence-electron chi connectivity index (χ0n) is 38.8. The normalized spacial score (nSPS) is 20.3. The summed E-state index contributed by atoms with van der Waals surface area (Å²) in [5, 5.41) is 26.5. The molecule has 0 aromatic carbocycles. The van der Waals surface area contributed by atoms with Crippen LogP contribution < -0.4 is 16.4 Å². The number of fused-ring (bicyclic) bond motifs is 1. The molecule has 69 heavy (non-hydrogen) atoms. The topological polar surface area (TPSA) is 364 Å². The Bertz CT molecular complexity index is 2220. The fourth-order valence-electron chi connectivity index (χ4n) is 6.29. The molecule has 388 valence electrons. The average Bonchev–Trinajstić information content (AvgIpc) is 3.84. The number of hydrogen-bond donors (Lipinski definition) is 9. The van der Waals surface area contributed by atoms with Crippen molar-refractivity contribution in [2.75, 3.05) is 37.8 Å². The van der Waals surface area contributed by atoms with E-state index in [1.54, 1.807) is 0 Å². The summed E-state index contributed by atoms with van der Waals surface area (Å²) in [6, 6.07) is 0. The van der Waals surface area contributed by atoms with Crippen LogP contribution >= 0.6 is 35.2 Å². The van der Waals surface area contributed by atoms with Crippen LogP contribution in [0.4, 0.5) is 5.82 Å². The molecule has 0 aliphatic carbocycles. The number of allylic oxidation sites excluding steroid dienone is 8. The van der Waals surface area contributed by atoms with Gasteiger partial charge in [0.05, 0.1) is 19.5 Å². The number of imidazole rings is 1. The second-order valence-electron chi connectivity index (χ2n) is 16.3. The number of nitrogens with one attached hydrogen (secondary N) is 2. The van der Waals surface area contributed by atoms with E-state index in [-0.39, 0.29) is 48.0 Å². The summed E-state index contributed by atoms with van der Waals surface area (Å²) in [5.41, 5.74) is 4.27. The van der Waals surface area contributed by atoms with E-state index in [2.05, 4.69) is 77.8 Å². The lowest BCUT2D eigenvalue weighted by Gasteiger charge is -2.30. The van der Waals surface area contributed by atoms with E-state index in [4.69, 9.17) is 19.5 Å². The first kappa shape index (κ1) is 59.8. The highest BCUT2D eigenvalue weighted by Gasteiger charge is 2.50. The molecule has 1 aliphatic heterocycles. The predicted octanol–water partition coefficient (Wildman–Crippen LogP) is 4.81. The Morgan fingerprint density at radius 2 is 1.54 bits per heavy atom. The first-order chi connectivity index (χ1) is 32.6. The number of aliphatic hydroxyl groups is 2. The summed E-state index contributed by atoms with van der Waals surface area (Å²) in [5.74, 6) is -1.11. The molecule has 0 spiro atoms. The first-order valence-electron chi connectivity index (χ1n) is 22.2. The highest BCUT2D eigenvalue weighted by Crippen LogP contribution is 2.61. The van der Waals surface area contributed by atoms with E-state index >= 15 is 0 Å². The molecule has 2 aromatic rings. The van der Waals surface area contributed by atoms with E-state index < -0.39 is 84.6 Å². The molecule has 1 fully saturated rings. The van der Waals surface area contributed by atoms with E-state index in [0.717, 1.165) is 67.5 Å². The van der Waals surface area contributed by atoms with Crippen molar-refractivity contribution in [2.24, 2.45) is 5.41 Å². The zero-order chi connectivity index (χ0) is 51.1. The van der Waals surface area contributed by atoms with Crippen LogP contribution in [-0.2, 0) is 50.7 Å². The molecule has 28 heteroatoms. The zero-order valence-corrected chi connectivity index (χ0v) is 42.3. The molecule has 0 radical (unpaired) electrons. The summed E-state index contributed by atoms with van der Waals surface area (Å²) in [4.78, 5) is 88.3. The van der Waals surface area contributed by atoms with Crippen molar-refractivity contribution in [3.05, 3.63) is 61.3 Å². The fraction of sp³-hybridized carbons (Fsp3) is 0.610. The van der Waals surface area contributed by atoms with E-state index in [1.165, 1.54) is 33.1 Å². The third-order valence-electron chi connectivity index (χ3n) is 9.98. The second kappa shape index (κ2) is 29.8. The van der Waals surface area contributed by atoms with Crippen molar-refractivity contribution < 1.29 is 80.5 Å². The standard InChI is InChI=1S/C41H66N7O17P3S/c1-4-5-6-7-8-9-10-11-12-13-14-15-16-17-18-19-20-21-32(50)69-25-24-43-31(49)22-23-44-39(53)36(52)41(2,3)27-62-68(59,60)65-67(57,58)61-26-30-35(64-66(54,55)56)34(51)40(63-30)48-29-47-33-37(42)45-28-46-38(33)48/h8-9,11-12,14-15,19-20,28-30,34-36,40,51-52H,4-7,10,13,16-18,21-27H2,1-3H3,(H,43,49)(H,44,53)(H,57,58)(H,59,60)(H2,42,45,46)(H2,54,55,56)/b9-8-,12-11-,15-14-,20-19+/t30-,34-,35-,36+,40-/m1/s1. The van der Waals surface area contributed by atoms with Crippen molar-refractivity contribution in [2.45, 2.75) is 122 Å². The number of phosphoric acid groups is 3. The molecule has 3 rings (SSSR count). The lowest BCUT2D eigenvalue weighted by molar-refractivity contribution is -0.137. The van der Waals surface area contributed by atoms with Gasteiger partial charge in [0.1, 0.15) is 36.3 Å². The maximum absolute atomic E-state index is 12.7. The monoisotopic (exact) mass is 1050 g/mol. The van der Waals surface area contributed by atoms with Crippen LogP contribution in [0.25, 0.3) is 11.2 Å². The predicted molar refractivity (Wildman–Crippen MR) is 256 cm³/mol. The molecule has 0 saturated carbocycles. The van der Waals surface area contributed by atoms with Gasteiger partial charge in [0, 0.05) is 37.1 Å². The van der Waals surface area contributed by atoms with Gasteiger partial charge >= 0.3 is 23.5 Å². The van der Waals surface area contributed by atoms with Crippen LogP contribution in [0.1, 0.15) is 97.6 Å². The van der Waals surface area contributed by atoms with Gasteiger partial charge < -0.3 is 50.9 Å². The van der Waals surface area contributed by atoms with Gasteiger partial charge in [-0.3, -0.25) is 32.5 Å². The average molecular weight is 1050 g/mol. The minimum Gasteiger partial charge on any atom is -0.386 e. The maximum Gasteiger partial charge on any atom is 0.481 e. The summed E-state index contributed by atoms with van der Waals surface area (Å²) < 4.78 is 62.4. The molecule has 3 heterocycles. The highest BCUT2D eigenvalue weighted by molar-refractivity contribution is 8.13. The number of ether oxygens (including phenoxy) is 1. The molecule has 2 aromatic heterocycles. The molecule has 10 N–H and O–H groups in total. The Labute approximate surface area is 405 Å². The van der Waals surface area contributed by atoms with E-state index in [9.17, 15) is 57.9 Å². The minimum absolute atomic E-state index is 0.0302. The number of phosphoric ester groups is 3. The number of hydrogen-bond acceptors (Lipinski definition) is 18. The molecule has 24 nitrogen and oxygen atoms in total. The Morgan fingerprint density at radius 1 is 0.899 bits per heavy atom. The number of aliphatic hydroxyl groups excluding tert-OH is 2. The number of nitrogens with two attached hydrogens (primary N) is 1. The summed E-state index contributed by atoms with van der Waals surface area (Å²) in [6.45, 7) is 2.70. The number of carbonyl (C=O) groups excluding carboxylic acids is 3. The largest absolute Gasteiger partial charge is 0.481 e. The van der Waals surface area contributed by atoms with E-state index in [1.807, 2.05) is 12.2 Å². The van der Waals surface area contributed by atoms with Crippen LogP contribution in [0.15, 0.2) is 61.3 Å². The first-order valence-corrected chi connectivity index (χ1v) is 27.7. The molecule has 7 atom stereocenters. The number of aromatic nitrogens is 4. The number of nitrogens with zero attached hydrogens (tertiary/aromatic N) is 4. The van der Waals surface area contributed by atoms with Gasteiger partial charge in [-0.1, -0.05) is 94.0 Å². The van der Waals surface area contributed by atoms with Crippen molar-refractivity contribution in [3.8, 4) is 0 Å². The van der Waals surface area contributed by atoms with Crippen molar-refractivity contribution in [1.82, 2.24) is 30.2 Å². The molecule has 0 bridgehead atoms. The number of unbranched alkanes of at least 4 members (excludes halogenated alkanes) is 5. The number of rotatable bonds is 33. The second-order valence-corrected chi connectivity index (χ2v) is 21.7. The highest BCUT2D eigenvalue weighted by atomic mass is 32.2. The van der Waals surface area contributed by atoms with Crippen LogP contribution in [-0.4, -0.2) is 123 Å². The minimum atomic E-state index is -5.58. The summed E-state index contributed by atoms with van der Waals surface area (Å²) in [7, 11) is -16.4. The molecule has 2 unspecified atom stereocenters. The molecular weight excluding hydrogens is 987 g/mol. The Morgan fingerprint density at radius 3 is 2.20 bits per heavy atom. The van der Waals surface area contributed by atoms with Crippen LogP contribution in [0.2, 0.25) is 0 Å². The van der Waals surface area contributed by atoms with Crippen LogP contribution in [0.5, 0.6) is 0 Å². The number of nitrogen functional groups attached to an aromatic ring is 1. The SMILES string of the molecule is CCCCC/C=C\C/C=C\C/C=C\CCC/C=C/CC(=O)SCCNC(=O)CCNC(=O)[C@H](O)C(C)(C)COP(=O)(O)OP(=O)(O)OC[C@H]1O[C@@H](n2cnc3c(N)ncnc32)[C@H](O)[C@@H]1OP(=O)(O)O. The lowest BCUT2D eigenvalue weighted by Crippen LogP contribution is -2.46. The number of thioether (sulfide) groups is 1. The van der Waals surface area contributed by atoms with Crippen molar-refractivity contribution in [1.29, 1.82) is 0 Å². The molecule has 1 aliphatic rings. The van der Waals surface area contributed by atoms with Crippen molar-refractivity contribution in [3.63, 3.8) is 0 Å². The number of anilines is 1. The quantitative estimate of drug-likeness (QED) is 0.0263. The van der Waals surface area contributed by atoms with Crippen LogP contribution in [0.3, 0.4) is 0 Å². The summed E-state index contributed by atoms with van der Waals surface area (Å²) in [6.07, 6.45) is 19.9. The van der Waals surface area contributed by atoms with Gasteiger partial charge in [0.25, 0.3) is 0 Å². The Kier molecular flexibility index (Phi) is 25.8. The third kappa shape index (κ3) is 22.6. The van der Waals surface area contributed by atoms with Gasteiger partial charge in [0.2, 0.25) is 11.8 Å². The molecule has 1 saturated heterocycles. The van der Waals surface area contributed by atoms with E-state index in [0.29, 0.717) is 5.75 Å². The van der Waals surface area contributed by atoms with Gasteiger partial charge in [-0.05, 0) is 44.9 Å². The van der Waals surface area contributed by atoms with Crippen molar-refractivity contribution >= 4 is 69.1 Å². The maximum atomic E-state index is 12.7. The Hall–Kier alpha value is -3.48. The van der Waals surface area contributed by atoms with Gasteiger partial charge in [-0.2, -0.15) is 4.31 Å². The lowest BCUT2D eigenvalue weighted by atomic mass is 9.87. The van der Waals surface area contributed by atoms with Gasteiger partial charge in [-0.25, -0.2) is 28.6 Å². The van der Waals surface area contributed by atoms with Crippen LogP contribution in [0, 0.1) is 5.41 Å². The fourth-order valence-corrected chi connectivity index (χ4v) is 9.77. The van der Waals surface area contributed by atoms with Gasteiger partial charge in [-0.15, -0.1) is 0 Å². The molecule has 2 amide bonds. The smallest absolute Gasteiger partial charge is 0.386 e. The third-order valence-corrected chi connectivity index (χ3v) is 14.0. The number of carbonyl (C=O) groups is 3. The Balaban J connectivity index is 1.31. The summed E-state index contributed by atoms with van der Waals surface area (Å²) >= 11 is 1.09. The van der Waals surface area contributed by atoms with Gasteiger partial charge in [0.15, 0.2) is 22.8 Å².